The average molecular weight is 296 g/mol. The van der Waals surface area contributed by atoms with Crippen LogP contribution in [0.1, 0.15) is 11.1 Å². The van der Waals surface area contributed by atoms with E-state index >= 15 is 0 Å². The first-order chi connectivity index (χ1) is 10.8. The number of ether oxygens (including phenoxy) is 1. The number of pyridine rings is 1. The quantitative estimate of drug-likeness (QED) is 0.453. The fraction of sp³-hybridized carbons (Fsp3) is 0.125. The molecule has 0 unspecified atom stereocenters. The average Bonchev–Trinajstić information content (AvgIpc) is 2.58. The van der Waals surface area contributed by atoms with Crippen LogP contribution in [0.3, 0.4) is 0 Å². The molecule has 0 saturated heterocycles. The van der Waals surface area contributed by atoms with E-state index < -0.39 is 6.09 Å². The van der Waals surface area contributed by atoms with Gasteiger partial charge >= 0.3 is 6.09 Å². The van der Waals surface area contributed by atoms with E-state index in [4.69, 9.17) is 10.6 Å². The van der Waals surface area contributed by atoms with Gasteiger partial charge < -0.3 is 15.5 Å². The summed E-state index contributed by atoms with van der Waals surface area (Å²) in [5, 5.41) is 2.56. The van der Waals surface area contributed by atoms with Crippen molar-refractivity contribution in [1.29, 1.82) is 0 Å². The summed E-state index contributed by atoms with van der Waals surface area (Å²) in [5.41, 5.74) is 4.10. The molecule has 0 aliphatic rings. The maximum Gasteiger partial charge on any atom is 0.408 e. The molecule has 22 heavy (non-hydrogen) atoms. The number of carbonyl (C=O) groups excluding carboxylic acids is 1. The van der Waals surface area contributed by atoms with Crippen molar-refractivity contribution in [3.05, 3.63) is 59.8 Å². The van der Waals surface area contributed by atoms with E-state index in [1.54, 1.807) is 18.3 Å². The van der Waals surface area contributed by atoms with E-state index in [-0.39, 0.29) is 13.2 Å². The zero-order valence-corrected chi connectivity index (χ0v) is 11.9. The van der Waals surface area contributed by atoms with Crippen LogP contribution >= 0.6 is 0 Å². The molecule has 0 bridgehead atoms. The molecule has 6 heteroatoms. The molecule has 2 aromatic rings. The highest BCUT2D eigenvalue weighted by Crippen LogP contribution is 2.01. The van der Waals surface area contributed by atoms with E-state index in [0.29, 0.717) is 5.82 Å². The fourth-order valence-corrected chi connectivity index (χ4v) is 1.59. The second kappa shape index (κ2) is 8.29. The number of hydrogen-bond acceptors (Lipinski definition) is 5. The Bertz CT molecular complexity index is 660. The van der Waals surface area contributed by atoms with Crippen LogP contribution in [0.15, 0.2) is 48.7 Å². The molecular formula is C16H16N4O2. The van der Waals surface area contributed by atoms with Gasteiger partial charge in [-0.25, -0.2) is 15.6 Å². The topological polar surface area (TPSA) is 89.3 Å². The van der Waals surface area contributed by atoms with Crippen LogP contribution in [0, 0.1) is 11.8 Å². The lowest BCUT2D eigenvalue weighted by Gasteiger charge is -2.04. The third-order valence-electron chi connectivity index (χ3n) is 2.68. The monoisotopic (exact) mass is 296 g/mol. The van der Waals surface area contributed by atoms with Gasteiger partial charge in [0.05, 0.1) is 6.54 Å². The molecule has 0 aliphatic carbocycles. The highest BCUT2D eigenvalue weighted by Gasteiger charge is 2.00. The summed E-state index contributed by atoms with van der Waals surface area (Å²) in [4.78, 5) is 15.5. The Balaban J connectivity index is 1.71. The van der Waals surface area contributed by atoms with Crippen molar-refractivity contribution in [3.8, 4) is 11.8 Å². The fourth-order valence-electron chi connectivity index (χ4n) is 1.59. The number of nitrogens with two attached hydrogens (primary N) is 1. The van der Waals surface area contributed by atoms with Gasteiger partial charge in [-0.1, -0.05) is 42.2 Å². The number of amides is 1. The Kier molecular flexibility index (Phi) is 5.79. The predicted molar refractivity (Wildman–Crippen MR) is 83.6 cm³/mol. The number of nitrogens with zero attached hydrogens (tertiary/aromatic N) is 1. The Labute approximate surface area is 128 Å². The van der Waals surface area contributed by atoms with Gasteiger partial charge in [0.2, 0.25) is 0 Å². The van der Waals surface area contributed by atoms with Crippen LogP contribution < -0.4 is 16.6 Å². The number of anilines is 1. The molecule has 0 radical (unpaired) electrons. The van der Waals surface area contributed by atoms with Crippen LogP contribution in [0.25, 0.3) is 0 Å². The molecule has 6 nitrogen and oxygen atoms in total. The molecule has 4 N–H and O–H groups in total. The summed E-state index contributed by atoms with van der Waals surface area (Å²) >= 11 is 0. The van der Waals surface area contributed by atoms with Gasteiger partial charge in [-0.2, -0.15) is 0 Å². The molecule has 1 heterocycles. The first-order valence-electron chi connectivity index (χ1n) is 6.64. The lowest BCUT2D eigenvalue weighted by atomic mass is 10.2. The highest BCUT2D eigenvalue weighted by molar-refractivity contribution is 5.67. The number of rotatable bonds is 4. The zero-order chi connectivity index (χ0) is 15.6. The first kappa shape index (κ1) is 15.4. The number of benzene rings is 1. The summed E-state index contributed by atoms with van der Waals surface area (Å²) in [5.74, 6) is 11.5. The highest BCUT2D eigenvalue weighted by atomic mass is 16.5. The van der Waals surface area contributed by atoms with Crippen molar-refractivity contribution < 1.29 is 9.53 Å². The second-order valence-electron chi connectivity index (χ2n) is 4.29. The third kappa shape index (κ3) is 5.15. The smallest absolute Gasteiger partial charge is 0.408 e. The molecule has 0 aliphatic heterocycles. The van der Waals surface area contributed by atoms with Crippen molar-refractivity contribution in [1.82, 2.24) is 10.3 Å². The normalized spacial score (nSPS) is 9.32. The zero-order valence-electron chi connectivity index (χ0n) is 11.9. The lowest BCUT2D eigenvalue weighted by molar-refractivity contribution is 0.141. The molecule has 2 rings (SSSR count). The van der Waals surface area contributed by atoms with Gasteiger partial charge in [-0.05, 0) is 17.7 Å². The molecule has 0 saturated carbocycles. The SMILES string of the molecule is NNc1ccc(C#CCNC(=O)OCc2ccccc2)cn1. The van der Waals surface area contributed by atoms with Gasteiger partial charge in [0.15, 0.2) is 0 Å². The van der Waals surface area contributed by atoms with Crippen molar-refractivity contribution in [2.24, 2.45) is 5.84 Å². The second-order valence-corrected chi connectivity index (χ2v) is 4.29. The van der Waals surface area contributed by atoms with Crippen molar-refractivity contribution in [2.75, 3.05) is 12.0 Å². The number of nitrogens with one attached hydrogen (secondary N) is 2. The Morgan fingerprint density at radius 1 is 1.23 bits per heavy atom. The van der Waals surface area contributed by atoms with Crippen LogP contribution in [-0.2, 0) is 11.3 Å². The Morgan fingerprint density at radius 2 is 2.05 bits per heavy atom. The standard InChI is InChI=1S/C16H16N4O2/c17-20-15-9-8-13(11-19-15)7-4-10-18-16(21)22-12-14-5-2-1-3-6-14/h1-3,5-6,8-9,11H,10,12,17H2,(H,18,21)(H,19,20). The summed E-state index contributed by atoms with van der Waals surface area (Å²) < 4.78 is 5.06. The summed E-state index contributed by atoms with van der Waals surface area (Å²) in [6, 6.07) is 13.0. The van der Waals surface area contributed by atoms with Gasteiger partial charge in [0.25, 0.3) is 0 Å². The van der Waals surface area contributed by atoms with Gasteiger partial charge in [-0.15, -0.1) is 0 Å². The van der Waals surface area contributed by atoms with Crippen LogP contribution in [0.4, 0.5) is 10.6 Å². The Hall–Kier alpha value is -3.04. The minimum Gasteiger partial charge on any atom is -0.445 e. The molecule has 1 aromatic carbocycles. The summed E-state index contributed by atoms with van der Waals surface area (Å²) in [6.45, 7) is 0.433. The van der Waals surface area contributed by atoms with Gasteiger partial charge in [-0.3, -0.25) is 0 Å². The van der Waals surface area contributed by atoms with Crippen molar-refractivity contribution >= 4 is 11.9 Å². The number of hydrazine groups is 1. The van der Waals surface area contributed by atoms with E-state index in [0.717, 1.165) is 11.1 Å². The molecule has 1 amide bonds. The molecule has 1 aromatic heterocycles. The van der Waals surface area contributed by atoms with E-state index in [1.807, 2.05) is 30.3 Å². The minimum atomic E-state index is -0.501. The third-order valence-corrected chi connectivity index (χ3v) is 2.68. The van der Waals surface area contributed by atoms with Crippen LogP contribution in [-0.4, -0.2) is 17.6 Å². The van der Waals surface area contributed by atoms with E-state index in [9.17, 15) is 4.79 Å². The maximum atomic E-state index is 11.5. The lowest BCUT2D eigenvalue weighted by Crippen LogP contribution is -2.24. The maximum absolute atomic E-state index is 11.5. The number of nitrogen functional groups attached to an aromatic ring is 1. The van der Waals surface area contributed by atoms with Crippen molar-refractivity contribution in [2.45, 2.75) is 6.61 Å². The number of aromatic nitrogens is 1. The van der Waals surface area contributed by atoms with Crippen molar-refractivity contribution in [3.63, 3.8) is 0 Å². The van der Waals surface area contributed by atoms with E-state index in [1.165, 1.54) is 0 Å². The Morgan fingerprint density at radius 3 is 2.73 bits per heavy atom. The molecule has 0 spiro atoms. The van der Waals surface area contributed by atoms with Gasteiger partial charge in [0.1, 0.15) is 12.4 Å². The first-order valence-corrected chi connectivity index (χ1v) is 6.64. The van der Waals surface area contributed by atoms with Crippen LogP contribution in [0.2, 0.25) is 0 Å². The largest absolute Gasteiger partial charge is 0.445 e. The number of alkyl carbamates (subject to hydrolysis) is 1. The van der Waals surface area contributed by atoms with Crippen LogP contribution in [0.5, 0.6) is 0 Å². The number of hydrogen-bond donors (Lipinski definition) is 3. The molecular weight excluding hydrogens is 280 g/mol. The molecule has 0 atom stereocenters. The summed E-state index contributed by atoms with van der Waals surface area (Å²) in [6.07, 6.45) is 1.09. The number of carbonyl (C=O) groups is 1. The minimum absolute atomic E-state index is 0.199. The van der Waals surface area contributed by atoms with E-state index in [2.05, 4.69) is 27.6 Å². The molecule has 0 fully saturated rings. The summed E-state index contributed by atoms with van der Waals surface area (Å²) in [7, 11) is 0. The molecule has 112 valence electrons. The predicted octanol–water partition coefficient (Wildman–Crippen LogP) is 1.65. The van der Waals surface area contributed by atoms with Gasteiger partial charge in [0, 0.05) is 11.8 Å².